The number of benzene rings is 1. The van der Waals surface area contributed by atoms with Crippen LogP contribution in [0.2, 0.25) is 0 Å². The average Bonchev–Trinajstić information content (AvgIpc) is 2.84. The third kappa shape index (κ3) is 10.9. The first-order valence-corrected chi connectivity index (χ1v) is 13.7. The van der Waals surface area contributed by atoms with Gasteiger partial charge in [-0.2, -0.15) is 0 Å². The molecule has 204 valence electrons. The number of rotatable bonds is 17. The molecular formula is C31H44O6. The maximum Gasteiger partial charge on any atom is 0.383 e. The van der Waals surface area contributed by atoms with Crippen LogP contribution in [0.1, 0.15) is 98.8 Å². The summed E-state index contributed by atoms with van der Waals surface area (Å²) < 4.78 is 22.8. The highest BCUT2D eigenvalue weighted by Gasteiger charge is 2.20. The van der Waals surface area contributed by atoms with Crippen molar-refractivity contribution in [2.45, 2.75) is 98.8 Å². The number of ether oxygens (including phenoxy) is 3. The smallest absolute Gasteiger partial charge is 0.383 e. The zero-order valence-corrected chi connectivity index (χ0v) is 23.3. The summed E-state index contributed by atoms with van der Waals surface area (Å²) >= 11 is 0. The standard InChI is InChI=1S/C31H44O6/c1-6-7-8-9-10-11-12-13-21-34-29-26-18-15-19-27(36-25(5)32)28(26)37-31(33)30(29)35-22-20-24(4)17-14-16-23(2)3/h15-16,18-20H,6-14,17,21-22H2,1-5H3. The van der Waals surface area contributed by atoms with Gasteiger partial charge in [-0.25, -0.2) is 4.79 Å². The molecule has 0 aliphatic carbocycles. The van der Waals surface area contributed by atoms with Gasteiger partial charge < -0.3 is 18.6 Å². The first-order valence-electron chi connectivity index (χ1n) is 13.7. The van der Waals surface area contributed by atoms with Crippen LogP contribution in [0.25, 0.3) is 11.0 Å². The van der Waals surface area contributed by atoms with Crippen molar-refractivity contribution in [3.05, 3.63) is 51.9 Å². The minimum Gasteiger partial charge on any atom is -0.489 e. The predicted octanol–water partition coefficient (Wildman–Crippen LogP) is 8.31. The molecule has 1 aromatic heterocycles. The molecule has 0 radical (unpaired) electrons. The second kappa shape index (κ2) is 16.7. The van der Waals surface area contributed by atoms with Crippen molar-refractivity contribution in [2.24, 2.45) is 0 Å². The fourth-order valence-electron chi connectivity index (χ4n) is 4.02. The lowest BCUT2D eigenvalue weighted by Gasteiger charge is -2.14. The van der Waals surface area contributed by atoms with E-state index in [4.69, 9.17) is 18.6 Å². The van der Waals surface area contributed by atoms with Gasteiger partial charge in [0, 0.05) is 6.92 Å². The van der Waals surface area contributed by atoms with Crippen molar-refractivity contribution in [3.63, 3.8) is 0 Å². The van der Waals surface area contributed by atoms with E-state index in [1.54, 1.807) is 18.2 Å². The second-order valence-electron chi connectivity index (χ2n) is 9.78. The van der Waals surface area contributed by atoms with Gasteiger partial charge in [-0.05, 0) is 58.2 Å². The number of unbranched alkanes of at least 4 members (excludes halogenated alkanes) is 7. The van der Waals surface area contributed by atoms with E-state index in [2.05, 4.69) is 33.8 Å². The maximum absolute atomic E-state index is 12.9. The van der Waals surface area contributed by atoms with E-state index in [1.165, 1.54) is 56.6 Å². The molecule has 0 N–H and O–H groups in total. The highest BCUT2D eigenvalue weighted by atomic mass is 16.5. The lowest BCUT2D eigenvalue weighted by Crippen LogP contribution is -2.12. The van der Waals surface area contributed by atoms with Crippen LogP contribution >= 0.6 is 0 Å². The summed E-state index contributed by atoms with van der Waals surface area (Å²) in [5.41, 5.74) is 1.99. The van der Waals surface area contributed by atoms with Gasteiger partial charge in [-0.15, -0.1) is 0 Å². The molecular weight excluding hydrogens is 468 g/mol. The van der Waals surface area contributed by atoms with Crippen LogP contribution in [0.3, 0.4) is 0 Å². The van der Waals surface area contributed by atoms with Gasteiger partial charge in [0.25, 0.3) is 0 Å². The maximum atomic E-state index is 12.9. The molecule has 0 unspecified atom stereocenters. The Morgan fingerprint density at radius 2 is 1.59 bits per heavy atom. The summed E-state index contributed by atoms with van der Waals surface area (Å²) in [4.78, 5) is 24.5. The molecule has 37 heavy (non-hydrogen) atoms. The molecule has 2 rings (SSSR count). The lowest BCUT2D eigenvalue weighted by atomic mass is 10.1. The number of carbonyl (C=O) groups is 1. The molecule has 0 amide bonds. The molecule has 0 saturated carbocycles. The Morgan fingerprint density at radius 3 is 2.27 bits per heavy atom. The van der Waals surface area contributed by atoms with Crippen LogP contribution < -0.4 is 19.8 Å². The van der Waals surface area contributed by atoms with Crippen molar-refractivity contribution in [1.82, 2.24) is 0 Å². The summed E-state index contributed by atoms with van der Waals surface area (Å²) in [6.07, 6.45) is 15.5. The van der Waals surface area contributed by atoms with Crippen molar-refractivity contribution >= 4 is 16.9 Å². The minimum atomic E-state index is -0.659. The van der Waals surface area contributed by atoms with Crippen LogP contribution in [-0.4, -0.2) is 19.2 Å². The summed E-state index contributed by atoms with van der Waals surface area (Å²) in [5.74, 6) is 0.0605. The molecule has 6 nitrogen and oxygen atoms in total. The third-order valence-electron chi connectivity index (χ3n) is 6.06. The summed E-state index contributed by atoms with van der Waals surface area (Å²) in [6, 6.07) is 5.11. The Morgan fingerprint density at radius 1 is 0.892 bits per heavy atom. The summed E-state index contributed by atoms with van der Waals surface area (Å²) in [7, 11) is 0. The Bertz CT molecular complexity index is 1100. The Kier molecular flexibility index (Phi) is 13.6. The number of fused-ring (bicyclic) bond motifs is 1. The number of allylic oxidation sites excluding steroid dienone is 3. The van der Waals surface area contributed by atoms with E-state index in [1.807, 2.05) is 6.08 Å². The number of hydrogen-bond acceptors (Lipinski definition) is 6. The Labute approximate surface area is 221 Å². The molecule has 0 bridgehead atoms. The first-order chi connectivity index (χ1) is 17.8. The van der Waals surface area contributed by atoms with Gasteiger partial charge in [-0.3, -0.25) is 4.79 Å². The molecule has 0 aliphatic heterocycles. The normalized spacial score (nSPS) is 11.4. The number of esters is 1. The molecule has 1 aromatic carbocycles. The summed E-state index contributed by atoms with van der Waals surface area (Å²) in [5, 5.41) is 0.539. The topological polar surface area (TPSA) is 75.0 Å². The molecule has 0 atom stereocenters. The molecule has 6 heteroatoms. The highest BCUT2D eigenvalue weighted by Crippen LogP contribution is 2.37. The van der Waals surface area contributed by atoms with Gasteiger partial charge >= 0.3 is 11.6 Å². The van der Waals surface area contributed by atoms with Crippen molar-refractivity contribution in [1.29, 1.82) is 0 Å². The van der Waals surface area contributed by atoms with Gasteiger partial charge in [0.15, 0.2) is 17.1 Å². The van der Waals surface area contributed by atoms with E-state index < -0.39 is 11.6 Å². The first kappa shape index (κ1) is 30.2. The zero-order valence-electron chi connectivity index (χ0n) is 23.3. The van der Waals surface area contributed by atoms with Crippen LogP contribution in [0.15, 0.2) is 50.7 Å². The zero-order chi connectivity index (χ0) is 27.0. The van der Waals surface area contributed by atoms with Crippen molar-refractivity contribution in [2.75, 3.05) is 13.2 Å². The highest BCUT2D eigenvalue weighted by molar-refractivity contribution is 5.91. The van der Waals surface area contributed by atoms with E-state index in [0.29, 0.717) is 17.7 Å². The summed E-state index contributed by atoms with van der Waals surface area (Å²) in [6.45, 7) is 10.4. The van der Waals surface area contributed by atoms with Crippen LogP contribution in [0.4, 0.5) is 0 Å². The SMILES string of the molecule is CCCCCCCCCCOc1c(OCC=C(C)CCC=C(C)C)c(=O)oc2c(OC(C)=O)cccc12. The van der Waals surface area contributed by atoms with E-state index in [-0.39, 0.29) is 23.7 Å². The van der Waals surface area contributed by atoms with Gasteiger partial charge in [0.05, 0.1) is 12.0 Å². The van der Waals surface area contributed by atoms with Crippen molar-refractivity contribution < 1.29 is 23.4 Å². The van der Waals surface area contributed by atoms with E-state index in [9.17, 15) is 9.59 Å². The van der Waals surface area contributed by atoms with Crippen LogP contribution in [0, 0.1) is 0 Å². The fourth-order valence-corrected chi connectivity index (χ4v) is 4.02. The second-order valence-corrected chi connectivity index (χ2v) is 9.78. The third-order valence-corrected chi connectivity index (χ3v) is 6.06. The monoisotopic (exact) mass is 512 g/mol. The quantitative estimate of drug-likeness (QED) is 0.0697. The number of carbonyl (C=O) groups excluding carboxylic acids is 1. The largest absolute Gasteiger partial charge is 0.489 e. The van der Waals surface area contributed by atoms with Gasteiger partial charge in [0.2, 0.25) is 5.75 Å². The van der Waals surface area contributed by atoms with Gasteiger partial charge in [0.1, 0.15) is 6.61 Å². The van der Waals surface area contributed by atoms with Crippen molar-refractivity contribution in [3.8, 4) is 17.2 Å². The van der Waals surface area contributed by atoms with Crippen LogP contribution in [-0.2, 0) is 4.79 Å². The van der Waals surface area contributed by atoms with Crippen LogP contribution in [0.5, 0.6) is 17.2 Å². The molecule has 0 spiro atoms. The fraction of sp³-hybridized carbons (Fsp3) is 0.548. The molecule has 0 saturated heterocycles. The minimum absolute atomic E-state index is 0.0420. The predicted molar refractivity (Wildman–Crippen MR) is 150 cm³/mol. The van der Waals surface area contributed by atoms with Gasteiger partial charge in [-0.1, -0.05) is 75.2 Å². The van der Waals surface area contributed by atoms with E-state index >= 15 is 0 Å². The molecule has 1 heterocycles. The Hall–Kier alpha value is -3.02. The lowest BCUT2D eigenvalue weighted by molar-refractivity contribution is -0.131. The molecule has 0 fully saturated rings. The number of hydrogen-bond donors (Lipinski definition) is 0. The Balaban J connectivity index is 2.16. The van der Waals surface area contributed by atoms with E-state index in [0.717, 1.165) is 25.7 Å². The average molecular weight is 513 g/mol. The molecule has 2 aromatic rings. The molecule has 0 aliphatic rings. The number of para-hydroxylation sites is 1.